The van der Waals surface area contributed by atoms with Gasteiger partial charge in [-0.25, -0.2) is 4.98 Å². The van der Waals surface area contributed by atoms with E-state index in [4.69, 9.17) is 20.9 Å². The summed E-state index contributed by atoms with van der Waals surface area (Å²) in [4.78, 5) is 23.6. The summed E-state index contributed by atoms with van der Waals surface area (Å²) >= 11 is 7.60. The molecule has 0 saturated carbocycles. The quantitative estimate of drug-likeness (QED) is 0.356. The van der Waals surface area contributed by atoms with E-state index >= 15 is 0 Å². The molecule has 3 aromatic heterocycles. The summed E-state index contributed by atoms with van der Waals surface area (Å²) in [6.45, 7) is 2.26. The highest BCUT2D eigenvalue weighted by Crippen LogP contribution is 2.36. The molecule has 0 aliphatic rings. The SMILES string of the molecule is COc1cccc(Cn2cnc3sc(-c4nc(-c5ccccc5Cl)no4)c(C)c3c2=O)c1. The normalized spacial score (nSPS) is 11.2. The Morgan fingerprint density at radius 1 is 1.19 bits per heavy atom. The third kappa shape index (κ3) is 3.57. The molecule has 5 aromatic rings. The van der Waals surface area contributed by atoms with Crippen LogP contribution in [0.4, 0.5) is 0 Å². The number of benzene rings is 2. The number of methoxy groups -OCH3 is 1. The average molecular weight is 465 g/mol. The first kappa shape index (κ1) is 20.4. The zero-order chi connectivity index (χ0) is 22.2. The van der Waals surface area contributed by atoms with Crippen molar-refractivity contribution in [1.29, 1.82) is 0 Å². The van der Waals surface area contributed by atoms with Gasteiger partial charge in [0.05, 0.1) is 35.3 Å². The predicted octanol–water partition coefficient (Wildman–Crippen LogP) is 5.19. The minimum Gasteiger partial charge on any atom is -0.497 e. The lowest BCUT2D eigenvalue weighted by molar-refractivity contribution is 0.414. The Bertz CT molecular complexity index is 1500. The van der Waals surface area contributed by atoms with Crippen LogP contribution in [0.1, 0.15) is 11.1 Å². The molecule has 2 aromatic carbocycles. The van der Waals surface area contributed by atoms with E-state index in [0.717, 1.165) is 21.8 Å². The molecule has 0 bridgehead atoms. The van der Waals surface area contributed by atoms with Gasteiger partial charge >= 0.3 is 0 Å². The fraction of sp³-hybridized carbons (Fsp3) is 0.130. The van der Waals surface area contributed by atoms with Crippen LogP contribution in [-0.2, 0) is 6.54 Å². The van der Waals surface area contributed by atoms with Gasteiger partial charge in [0.25, 0.3) is 11.4 Å². The van der Waals surface area contributed by atoms with Gasteiger partial charge in [0.15, 0.2) is 0 Å². The minimum atomic E-state index is -0.122. The highest BCUT2D eigenvalue weighted by atomic mass is 35.5. The zero-order valence-electron chi connectivity index (χ0n) is 17.2. The standard InChI is InChI=1S/C23H17ClN4O3S/c1-13-18-22(25-12-28(23(18)29)11-14-6-5-7-15(10-14)30-2)32-19(13)21-26-20(27-31-21)16-8-3-4-9-17(16)24/h3-10,12H,11H2,1-2H3. The van der Waals surface area contributed by atoms with E-state index in [1.807, 2.05) is 49.4 Å². The van der Waals surface area contributed by atoms with Crippen LogP contribution in [0.15, 0.2) is 64.2 Å². The monoisotopic (exact) mass is 464 g/mol. The molecule has 32 heavy (non-hydrogen) atoms. The van der Waals surface area contributed by atoms with Crippen LogP contribution in [0.25, 0.3) is 32.4 Å². The third-order valence-electron chi connectivity index (χ3n) is 5.14. The zero-order valence-corrected chi connectivity index (χ0v) is 18.8. The number of fused-ring (bicyclic) bond motifs is 1. The second-order valence-electron chi connectivity index (χ2n) is 7.17. The van der Waals surface area contributed by atoms with Gasteiger partial charge < -0.3 is 9.26 Å². The molecule has 0 saturated heterocycles. The first-order valence-electron chi connectivity index (χ1n) is 9.75. The van der Waals surface area contributed by atoms with Crippen molar-refractivity contribution in [3.05, 3.63) is 81.4 Å². The molecule has 0 radical (unpaired) electrons. The number of hydrogen-bond acceptors (Lipinski definition) is 7. The van der Waals surface area contributed by atoms with Crippen molar-refractivity contribution in [1.82, 2.24) is 19.7 Å². The Hall–Kier alpha value is -3.49. The van der Waals surface area contributed by atoms with Crippen molar-refractivity contribution in [3.8, 4) is 27.9 Å². The fourth-order valence-electron chi connectivity index (χ4n) is 3.51. The topological polar surface area (TPSA) is 83.0 Å². The number of ether oxygens (including phenoxy) is 1. The summed E-state index contributed by atoms with van der Waals surface area (Å²) in [6.07, 6.45) is 1.56. The van der Waals surface area contributed by atoms with E-state index in [0.29, 0.717) is 39.1 Å². The lowest BCUT2D eigenvalue weighted by Gasteiger charge is -2.07. The van der Waals surface area contributed by atoms with Crippen LogP contribution >= 0.6 is 22.9 Å². The van der Waals surface area contributed by atoms with Crippen LogP contribution in [0.3, 0.4) is 0 Å². The van der Waals surface area contributed by atoms with Crippen LogP contribution in [0, 0.1) is 6.92 Å². The van der Waals surface area contributed by atoms with Crippen molar-refractivity contribution < 1.29 is 9.26 Å². The smallest absolute Gasteiger partial charge is 0.268 e. The average Bonchev–Trinajstić information content (AvgIpc) is 3.41. The number of nitrogens with zero attached hydrogens (tertiary/aromatic N) is 4. The predicted molar refractivity (Wildman–Crippen MR) is 124 cm³/mol. The number of aryl methyl sites for hydroxylation is 1. The van der Waals surface area contributed by atoms with Gasteiger partial charge in [0.2, 0.25) is 5.82 Å². The molecular weight excluding hydrogens is 448 g/mol. The molecule has 0 amide bonds. The van der Waals surface area contributed by atoms with Crippen molar-refractivity contribution in [3.63, 3.8) is 0 Å². The Morgan fingerprint density at radius 2 is 2.03 bits per heavy atom. The molecule has 5 rings (SSSR count). The fourth-order valence-corrected chi connectivity index (χ4v) is 4.79. The second kappa shape index (κ2) is 8.22. The van der Waals surface area contributed by atoms with Crippen molar-refractivity contribution in [2.24, 2.45) is 0 Å². The van der Waals surface area contributed by atoms with Gasteiger partial charge in [-0.1, -0.05) is 41.0 Å². The van der Waals surface area contributed by atoms with E-state index in [1.54, 1.807) is 24.1 Å². The highest BCUT2D eigenvalue weighted by Gasteiger charge is 2.21. The van der Waals surface area contributed by atoms with Crippen LogP contribution in [-0.4, -0.2) is 26.8 Å². The number of aromatic nitrogens is 4. The van der Waals surface area contributed by atoms with Crippen LogP contribution in [0.5, 0.6) is 5.75 Å². The van der Waals surface area contributed by atoms with E-state index in [9.17, 15) is 4.79 Å². The molecule has 3 heterocycles. The van der Waals surface area contributed by atoms with Crippen LogP contribution < -0.4 is 10.3 Å². The van der Waals surface area contributed by atoms with Crippen molar-refractivity contribution >= 4 is 33.2 Å². The molecular formula is C23H17ClN4O3S. The van der Waals surface area contributed by atoms with Crippen molar-refractivity contribution in [2.75, 3.05) is 7.11 Å². The van der Waals surface area contributed by atoms with Gasteiger partial charge in [-0.05, 0) is 42.3 Å². The molecule has 160 valence electrons. The molecule has 9 heteroatoms. The Balaban J connectivity index is 1.54. The Kier molecular flexibility index (Phi) is 5.24. The van der Waals surface area contributed by atoms with E-state index < -0.39 is 0 Å². The third-order valence-corrected chi connectivity index (χ3v) is 6.66. The van der Waals surface area contributed by atoms with Gasteiger partial charge in [-0.2, -0.15) is 4.98 Å². The summed E-state index contributed by atoms with van der Waals surface area (Å²) in [5, 5.41) is 5.15. The summed E-state index contributed by atoms with van der Waals surface area (Å²) in [5.74, 6) is 1.47. The maximum atomic E-state index is 13.2. The lowest BCUT2D eigenvalue weighted by Crippen LogP contribution is -2.21. The Labute approximate surface area is 191 Å². The maximum Gasteiger partial charge on any atom is 0.268 e. The molecule has 0 N–H and O–H groups in total. The lowest BCUT2D eigenvalue weighted by atomic mass is 10.2. The largest absolute Gasteiger partial charge is 0.497 e. The molecule has 0 aliphatic carbocycles. The molecule has 7 nitrogen and oxygen atoms in total. The number of hydrogen-bond donors (Lipinski definition) is 0. The second-order valence-corrected chi connectivity index (χ2v) is 8.57. The van der Waals surface area contributed by atoms with E-state index in [1.165, 1.54) is 11.3 Å². The van der Waals surface area contributed by atoms with Gasteiger partial charge in [0, 0.05) is 5.56 Å². The first-order valence-corrected chi connectivity index (χ1v) is 10.9. The maximum absolute atomic E-state index is 13.2. The highest BCUT2D eigenvalue weighted by molar-refractivity contribution is 7.22. The van der Waals surface area contributed by atoms with Gasteiger partial charge in [-0.15, -0.1) is 11.3 Å². The summed E-state index contributed by atoms with van der Waals surface area (Å²) in [6, 6.07) is 14.9. The molecule has 0 spiro atoms. The van der Waals surface area contributed by atoms with E-state index in [-0.39, 0.29) is 5.56 Å². The summed E-state index contributed by atoms with van der Waals surface area (Å²) in [7, 11) is 1.61. The minimum absolute atomic E-state index is 0.122. The molecule has 0 atom stereocenters. The summed E-state index contributed by atoms with van der Waals surface area (Å²) < 4.78 is 12.4. The summed E-state index contributed by atoms with van der Waals surface area (Å²) in [5.41, 5.74) is 2.27. The molecule has 0 aliphatic heterocycles. The van der Waals surface area contributed by atoms with E-state index in [2.05, 4.69) is 15.1 Å². The van der Waals surface area contributed by atoms with Gasteiger partial charge in [-0.3, -0.25) is 9.36 Å². The number of rotatable bonds is 5. The Morgan fingerprint density at radius 3 is 2.84 bits per heavy atom. The van der Waals surface area contributed by atoms with Crippen LogP contribution in [0.2, 0.25) is 5.02 Å². The molecule has 0 fully saturated rings. The first-order chi connectivity index (χ1) is 15.5. The molecule has 0 unspecified atom stereocenters. The number of halogens is 1. The number of thiophene rings is 1. The van der Waals surface area contributed by atoms with Crippen molar-refractivity contribution in [2.45, 2.75) is 13.5 Å². The van der Waals surface area contributed by atoms with Gasteiger partial charge in [0.1, 0.15) is 10.6 Å².